The van der Waals surface area contributed by atoms with Crippen LogP contribution < -0.4 is 10.9 Å². The Labute approximate surface area is 146 Å². The first-order valence-electron chi connectivity index (χ1n) is 7.30. The van der Waals surface area contributed by atoms with Gasteiger partial charge in [-0.25, -0.2) is 0 Å². The van der Waals surface area contributed by atoms with Crippen molar-refractivity contribution in [1.82, 2.24) is 10.9 Å². The van der Waals surface area contributed by atoms with Crippen LogP contribution >= 0.6 is 11.3 Å². The SMILES string of the molecule is Cc1c(C(=O)NNC(=O)c2cccc([N+](=O)[O-])c2)sc2ccccc12. The molecule has 0 saturated carbocycles. The summed E-state index contributed by atoms with van der Waals surface area (Å²) in [5, 5.41) is 11.7. The van der Waals surface area contributed by atoms with Crippen LogP contribution in [0.25, 0.3) is 10.1 Å². The van der Waals surface area contributed by atoms with Gasteiger partial charge in [0.2, 0.25) is 0 Å². The van der Waals surface area contributed by atoms with Gasteiger partial charge in [-0.1, -0.05) is 24.3 Å². The third-order valence-corrected chi connectivity index (χ3v) is 4.93. The lowest BCUT2D eigenvalue weighted by Gasteiger charge is -2.07. The number of hydrogen-bond donors (Lipinski definition) is 2. The molecule has 0 spiro atoms. The predicted octanol–water partition coefficient (Wildman–Crippen LogP) is 3.19. The molecule has 0 atom stereocenters. The quantitative estimate of drug-likeness (QED) is 0.556. The van der Waals surface area contributed by atoms with Gasteiger partial charge in [0.05, 0.1) is 9.80 Å². The lowest BCUT2D eigenvalue weighted by Crippen LogP contribution is -2.41. The van der Waals surface area contributed by atoms with E-state index in [1.54, 1.807) is 0 Å². The molecule has 126 valence electrons. The minimum atomic E-state index is -0.629. The van der Waals surface area contributed by atoms with E-state index in [0.29, 0.717) is 4.88 Å². The largest absolute Gasteiger partial charge is 0.280 e. The highest BCUT2D eigenvalue weighted by molar-refractivity contribution is 7.21. The highest BCUT2D eigenvalue weighted by Crippen LogP contribution is 2.30. The van der Waals surface area contributed by atoms with E-state index < -0.39 is 16.7 Å². The number of nitro groups is 1. The number of thiophene rings is 1. The highest BCUT2D eigenvalue weighted by atomic mass is 32.1. The summed E-state index contributed by atoms with van der Waals surface area (Å²) in [5.74, 6) is -1.06. The number of hydrogen-bond acceptors (Lipinski definition) is 5. The van der Waals surface area contributed by atoms with Gasteiger partial charge >= 0.3 is 0 Å². The standard InChI is InChI=1S/C17H13N3O4S/c1-10-13-7-2-3-8-14(13)25-15(10)17(22)19-18-16(21)11-5-4-6-12(9-11)20(23)24/h2-9H,1H3,(H,18,21)(H,19,22). The molecular weight excluding hydrogens is 342 g/mol. The molecule has 0 aliphatic rings. The Balaban J connectivity index is 1.73. The minimum Gasteiger partial charge on any atom is -0.267 e. The molecule has 1 aromatic heterocycles. The molecule has 1 heterocycles. The number of hydrazine groups is 1. The zero-order chi connectivity index (χ0) is 18.0. The maximum absolute atomic E-state index is 12.3. The fourth-order valence-corrected chi connectivity index (χ4v) is 3.50. The summed E-state index contributed by atoms with van der Waals surface area (Å²) in [4.78, 5) is 35.1. The molecule has 2 amide bonds. The van der Waals surface area contributed by atoms with Crippen molar-refractivity contribution in [2.45, 2.75) is 6.92 Å². The number of carbonyl (C=O) groups excluding carboxylic acids is 2. The van der Waals surface area contributed by atoms with Gasteiger partial charge in [0.25, 0.3) is 17.5 Å². The number of benzene rings is 2. The van der Waals surface area contributed by atoms with E-state index in [0.717, 1.165) is 21.7 Å². The van der Waals surface area contributed by atoms with E-state index in [4.69, 9.17) is 0 Å². The van der Waals surface area contributed by atoms with E-state index in [2.05, 4.69) is 10.9 Å². The number of fused-ring (bicyclic) bond motifs is 1. The number of carbonyl (C=O) groups is 2. The zero-order valence-electron chi connectivity index (χ0n) is 13.1. The van der Waals surface area contributed by atoms with Gasteiger partial charge in [-0.15, -0.1) is 11.3 Å². The molecule has 0 fully saturated rings. The average molecular weight is 355 g/mol. The van der Waals surface area contributed by atoms with Crippen molar-refractivity contribution >= 4 is 38.9 Å². The topological polar surface area (TPSA) is 101 Å². The van der Waals surface area contributed by atoms with Gasteiger partial charge in [0, 0.05) is 22.4 Å². The van der Waals surface area contributed by atoms with Crippen LogP contribution in [0.15, 0.2) is 48.5 Å². The Morgan fingerprint density at radius 2 is 1.76 bits per heavy atom. The van der Waals surface area contributed by atoms with Crippen LogP contribution in [-0.2, 0) is 0 Å². The number of amides is 2. The van der Waals surface area contributed by atoms with Crippen LogP contribution in [0.5, 0.6) is 0 Å². The Hall–Kier alpha value is -3.26. The molecule has 2 aromatic carbocycles. The first-order valence-corrected chi connectivity index (χ1v) is 8.12. The van der Waals surface area contributed by atoms with Crippen LogP contribution in [0.2, 0.25) is 0 Å². The molecule has 0 aliphatic heterocycles. The number of nitrogens with zero attached hydrogens (tertiary/aromatic N) is 1. The molecule has 3 rings (SSSR count). The van der Waals surface area contributed by atoms with Gasteiger partial charge < -0.3 is 0 Å². The van der Waals surface area contributed by atoms with Crippen molar-refractivity contribution in [3.05, 3.63) is 74.6 Å². The fourth-order valence-electron chi connectivity index (χ4n) is 2.39. The smallest absolute Gasteiger partial charge is 0.267 e. The summed E-state index contributed by atoms with van der Waals surface area (Å²) in [6.07, 6.45) is 0. The van der Waals surface area contributed by atoms with Crippen LogP contribution in [0.1, 0.15) is 25.6 Å². The van der Waals surface area contributed by atoms with Crippen molar-refractivity contribution in [1.29, 1.82) is 0 Å². The van der Waals surface area contributed by atoms with Crippen LogP contribution in [-0.4, -0.2) is 16.7 Å². The average Bonchev–Trinajstić information content (AvgIpc) is 2.96. The van der Waals surface area contributed by atoms with E-state index in [-0.39, 0.29) is 11.3 Å². The maximum Gasteiger partial charge on any atom is 0.280 e. The molecule has 3 aromatic rings. The fraction of sp³-hybridized carbons (Fsp3) is 0.0588. The predicted molar refractivity (Wildman–Crippen MR) is 94.6 cm³/mol. The third kappa shape index (κ3) is 3.33. The number of nitrogens with one attached hydrogen (secondary N) is 2. The molecule has 25 heavy (non-hydrogen) atoms. The Kier molecular flexibility index (Phi) is 4.44. The van der Waals surface area contributed by atoms with E-state index in [9.17, 15) is 19.7 Å². The van der Waals surface area contributed by atoms with Crippen LogP contribution in [0.3, 0.4) is 0 Å². The number of non-ortho nitro benzene ring substituents is 1. The van der Waals surface area contributed by atoms with E-state index in [1.165, 1.54) is 29.5 Å². The molecule has 0 unspecified atom stereocenters. The highest BCUT2D eigenvalue weighted by Gasteiger charge is 2.17. The second kappa shape index (κ2) is 6.70. The minimum absolute atomic E-state index is 0.0857. The summed E-state index contributed by atoms with van der Waals surface area (Å²) in [5.41, 5.74) is 5.36. The first-order chi connectivity index (χ1) is 12.0. The van der Waals surface area contributed by atoms with Gasteiger partial charge in [0.1, 0.15) is 0 Å². The number of aryl methyl sites for hydroxylation is 1. The summed E-state index contributed by atoms with van der Waals surface area (Å²) >= 11 is 1.33. The molecule has 0 radical (unpaired) electrons. The third-order valence-electron chi connectivity index (χ3n) is 3.66. The molecule has 2 N–H and O–H groups in total. The van der Waals surface area contributed by atoms with Crippen molar-refractivity contribution in [2.24, 2.45) is 0 Å². The Morgan fingerprint density at radius 1 is 1.04 bits per heavy atom. The van der Waals surface area contributed by atoms with Crippen molar-refractivity contribution in [3.63, 3.8) is 0 Å². The first kappa shape index (κ1) is 16.6. The molecule has 0 bridgehead atoms. The van der Waals surface area contributed by atoms with E-state index in [1.807, 2.05) is 31.2 Å². The van der Waals surface area contributed by atoms with Gasteiger partial charge in [0.15, 0.2) is 0 Å². The number of rotatable bonds is 3. The molecule has 0 aliphatic carbocycles. The summed E-state index contributed by atoms with van der Waals surface area (Å²) < 4.78 is 0.982. The summed E-state index contributed by atoms with van der Waals surface area (Å²) in [6, 6.07) is 12.9. The van der Waals surface area contributed by atoms with Crippen LogP contribution in [0.4, 0.5) is 5.69 Å². The van der Waals surface area contributed by atoms with Gasteiger partial charge in [-0.2, -0.15) is 0 Å². The monoisotopic (exact) mass is 355 g/mol. The van der Waals surface area contributed by atoms with Crippen molar-refractivity contribution in [3.8, 4) is 0 Å². The lowest BCUT2D eigenvalue weighted by molar-refractivity contribution is -0.384. The zero-order valence-corrected chi connectivity index (χ0v) is 13.9. The Morgan fingerprint density at radius 3 is 2.48 bits per heavy atom. The van der Waals surface area contributed by atoms with Crippen molar-refractivity contribution in [2.75, 3.05) is 0 Å². The van der Waals surface area contributed by atoms with Crippen molar-refractivity contribution < 1.29 is 14.5 Å². The van der Waals surface area contributed by atoms with Crippen LogP contribution in [0, 0.1) is 17.0 Å². The number of nitro benzene ring substituents is 1. The molecular formula is C17H13N3O4S. The lowest BCUT2D eigenvalue weighted by atomic mass is 10.1. The van der Waals surface area contributed by atoms with E-state index >= 15 is 0 Å². The molecule has 8 heteroatoms. The Bertz CT molecular complexity index is 996. The second-order valence-corrected chi connectivity index (χ2v) is 6.32. The normalized spacial score (nSPS) is 10.4. The molecule has 7 nitrogen and oxygen atoms in total. The second-order valence-electron chi connectivity index (χ2n) is 5.27. The van der Waals surface area contributed by atoms with Gasteiger partial charge in [-0.3, -0.25) is 30.6 Å². The molecule has 0 saturated heterocycles. The maximum atomic E-state index is 12.3. The van der Waals surface area contributed by atoms with Gasteiger partial charge in [-0.05, 0) is 30.0 Å². The summed E-state index contributed by atoms with van der Waals surface area (Å²) in [6.45, 7) is 1.84. The summed E-state index contributed by atoms with van der Waals surface area (Å²) in [7, 11) is 0.